The molecular formula is C24H19F6N3O8. The summed E-state index contributed by atoms with van der Waals surface area (Å²) >= 11 is 0. The summed E-state index contributed by atoms with van der Waals surface area (Å²) < 4.78 is 77.5. The number of hydrogen-bond acceptors (Lipinski definition) is 8. The number of carbonyl (C=O) groups is 6. The van der Waals surface area contributed by atoms with Gasteiger partial charge in [0.1, 0.15) is 12.1 Å². The fraction of sp³-hybridized carbons (Fsp3) is 0.250. The Morgan fingerprint density at radius 3 is 1.44 bits per heavy atom. The Balaban J connectivity index is 0.000000237. The van der Waals surface area contributed by atoms with Crippen molar-refractivity contribution in [1.29, 1.82) is 0 Å². The van der Waals surface area contributed by atoms with Crippen LogP contribution < -0.4 is 11.5 Å². The molecule has 0 bridgehead atoms. The number of carbonyl (C=O) groups excluding carboxylic acids is 5. The van der Waals surface area contributed by atoms with Crippen molar-refractivity contribution in [3.8, 4) is 0 Å². The summed E-state index contributed by atoms with van der Waals surface area (Å²) in [5, 5.41) is 7.87. The van der Waals surface area contributed by atoms with E-state index in [4.69, 9.17) is 10.8 Å². The van der Waals surface area contributed by atoms with Gasteiger partial charge in [0.15, 0.2) is 0 Å². The maximum absolute atomic E-state index is 12.9. The van der Waals surface area contributed by atoms with Crippen LogP contribution in [0.25, 0.3) is 0 Å². The molecule has 0 fully saturated rings. The highest BCUT2D eigenvalue weighted by Gasteiger charge is 2.52. The van der Waals surface area contributed by atoms with Gasteiger partial charge in [0.25, 0.3) is 11.8 Å². The van der Waals surface area contributed by atoms with Gasteiger partial charge in [-0.25, -0.2) is 9.59 Å². The van der Waals surface area contributed by atoms with Gasteiger partial charge in [0.2, 0.25) is 5.91 Å². The molecule has 0 saturated carbocycles. The molecule has 0 saturated heterocycles. The lowest BCUT2D eigenvalue weighted by molar-refractivity contribution is -0.174. The number of benzene rings is 2. The highest BCUT2D eigenvalue weighted by Crippen LogP contribution is 2.33. The molecule has 2 heterocycles. The topological polar surface area (TPSA) is 187 Å². The molecule has 2 aliphatic rings. The Morgan fingerprint density at radius 2 is 1.15 bits per heavy atom. The number of fused-ring (bicyclic) bond motifs is 2. The average Bonchev–Trinajstić information content (AvgIpc) is 3.29. The van der Waals surface area contributed by atoms with Crippen LogP contribution in [-0.2, 0) is 14.3 Å². The summed E-state index contributed by atoms with van der Waals surface area (Å²) in [5.41, 5.74) is 9.70. The van der Waals surface area contributed by atoms with Crippen molar-refractivity contribution in [3.63, 3.8) is 0 Å². The van der Waals surface area contributed by atoms with Gasteiger partial charge in [-0.2, -0.15) is 26.3 Å². The van der Waals surface area contributed by atoms with Gasteiger partial charge in [0.05, 0.1) is 35.1 Å². The van der Waals surface area contributed by atoms with Crippen molar-refractivity contribution in [3.05, 3.63) is 70.8 Å². The number of alkyl halides is 6. The zero-order chi connectivity index (χ0) is 31.3. The van der Waals surface area contributed by atoms with E-state index in [1.807, 2.05) is 0 Å². The molecule has 0 radical (unpaired) electrons. The quantitative estimate of drug-likeness (QED) is 0.203. The standard InChI is InChI=1S/C12H9F3N2O3.C8H4O3.C4H6F3NO2/c13-12(14,15)8(5-9(16)18)17-10(19)6-3-1-2-4-7(6)11(17)20;9-7-5-3-1-2-4-6(5)8(10)11-7;5-4(6,7)2(8)1-3(9)10/h1-4,8H,5H2,(H2,16,18);1-4H;2H,1,8H2,(H,9,10). The second-order valence-corrected chi connectivity index (χ2v) is 8.22. The summed E-state index contributed by atoms with van der Waals surface area (Å²) in [6, 6.07) is 7.11. The molecule has 0 aromatic heterocycles. The Bertz CT molecular complexity index is 1310. The summed E-state index contributed by atoms with van der Waals surface area (Å²) in [7, 11) is 0. The number of nitrogens with zero attached hydrogens (tertiary/aromatic N) is 1. The van der Waals surface area contributed by atoms with Gasteiger partial charge < -0.3 is 21.3 Å². The largest absolute Gasteiger partial charge is 0.481 e. The molecular weight excluding hydrogens is 572 g/mol. The van der Waals surface area contributed by atoms with Crippen LogP contribution in [0, 0.1) is 0 Å². The molecule has 220 valence electrons. The number of amides is 3. The molecule has 5 N–H and O–H groups in total. The van der Waals surface area contributed by atoms with Crippen LogP contribution in [0.2, 0.25) is 0 Å². The lowest BCUT2D eigenvalue weighted by Crippen LogP contribution is -2.50. The maximum Gasteiger partial charge on any atom is 0.409 e. The second kappa shape index (κ2) is 12.6. The minimum absolute atomic E-state index is 0.0510. The van der Waals surface area contributed by atoms with Crippen molar-refractivity contribution in [2.75, 3.05) is 0 Å². The van der Waals surface area contributed by atoms with E-state index in [0.717, 1.165) is 0 Å². The Hall–Kier alpha value is -4.80. The highest BCUT2D eigenvalue weighted by molar-refractivity contribution is 6.21. The first-order chi connectivity index (χ1) is 18.9. The maximum atomic E-state index is 12.9. The summed E-state index contributed by atoms with van der Waals surface area (Å²) in [6.45, 7) is 0. The first-order valence-corrected chi connectivity index (χ1v) is 11.1. The fourth-order valence-corrected chi connectivity index (χ4v) is 3.37. The zero-order valence-corrected chi connectivity index (χ0v) is 20.4. The molecule has 0 aliphatic carbocycles. The van der Waals surface area contributed by atoms with Gasteiger partial charge in [-0.05, 0) is 24.3 Å². The molecule has 0 spiro atoms. The average molecular weight is 591 g/mol. The zero-order valence-electron chi connectivity index (χ0n) is 20.4. The van der Waals surface area contributed by atoms with Crippen LogP contribution in [0.1, 0.15) is 54.3 Å². The van der Waals surface area contributed by atoms with Gasteiger partial charge >= 0.3 is 30.3 Å². The third kappa shape index (κ3) is 8.10. The number of halogens is 6. The molecule has 4 rings (SSSR count). The van der Waals surface area contributed by atoms with Crippen LogP contribution >= 0.6 is 0 Å². The molecule has 2 aliphatic heterocycles. The van der Waals surface area contributed by atoms with Gasteiger partial charge in [0, 0.05) is 0 Å². The van der Waals surface area contributed by atoms with Crippen molar-refractivity contribution < 1.29 is 65.0 Å². The van der Waals surface area contributed by atoms with Gasteiger partial charge in [-0.15, -0.1) is 0 Å². The first kappa shape index (κ1) is 32.4. The normalized spacial score (nSPS) is 15.4. The predicted molar refractivity (Wildman–Crippen MR) is 123 cm³/mol. The molecule has 17 heteroatoms. The van der Waals surface area contributed by atoms with Gasteiger partial charge in [-0.1, -0.05) is 24.3 Å². The molecule has 2 atom stereocenters. The summed E-state index contributed by atoms with van der Waals surface area (Å²) in [5.74, 6) is -6.05. The number of aliphatic carboxylic acids is 1. The molecule has 11 nitrogen and oxygen atoms in total. The minimum Gasteiger partial charge on any atom is -0.481 e. The van der Waals surface area contributed by atoms with Crippen LogP contribution in [0.4, 0.5) is 26.3 Å². The molecule has 41 heavy (non-hydrogen) atoms. The van der Waals surface area contributed by atoms with Crippen LogP contribution in [-0.4, -0.2) is 70.1 Å². The van der Waals surface area contributed by atoms with Crippen LogP contribution in [0.15, 0.2) is 48.5 Å². The second-order valence-electron chi connectivity index (χ2n) is 8.22. The number of rotatable bonds is 5. The number of hydrogen-bond donors (Lipinski definition) is 3. The number of imide groups is 1. The van der Waals surface area contributed by atoms with Crippen molar-refractivity contribution >= 4 is 35.6 Å². The van der Waals surface area contributed by atoms with E-state index in [2.05, 4.69) is 10.5 Å². The van der Waals surface area contributed by atoms with E-state index >= 15 is 0 Å². The SMILES string of the molecule is NC(=O)CC(N1C(=O)c2ccccc2C1=O)C(F)(F)F.NC(CC(=O)O)C(F)(F)F.O=C1OC(=O)c2ccccc21. The van der Waals surface area contributed by atoms with E-state index in [0.29, 0.717) is 11.1 Å². The van der Waals surface area contributed by atoms with Crippen molar-refractivity contribution in [2.45, 2.75) is 37.3 Å². The van der Waals surface area contributed by atoms with E-state index < -0.39 is 72.9 Å². The first-order valence-electron chi connectivity index (χ1n) is 11.1. The fourth-order valence-electron chi connectivity index (χ4n) is 3.37. The van der Waals surface area contributed by atoms with Crippen LogP contribution in [0.5, 0.6) is 0 Å². The van der Waals surface area contributed by atoms with Crippen molar-refractivity contribution in [2.24, 2.45) is 11.5 Å². The van der Waals surface area contributed by atoms with Gasteiger partial charge in [-0.3, -0.25) is 24.1 Å². The number of carboxylic acids is 1. The summed E-state index contributed by atoms with van der Waals surface area (Å²) in [6.07, 6.45) is -11.8. The Labute approximate surface area is 225 Å². The Morgan fingerprint density at radius 1 is 0.756 bits per heavy atom. The lowest BCUT2D eigenvalue weighted by Gasteiger charge is -2.27. The molecule has 2 unspecified atom stereocenters. The monoisotopic (exact) mass is 591 g/mol. The number of carboxylic acid groups (broad SMARTS) is 1. The number of cyclic esters (lactones) is 2. The van der Waals surface area contributed by atoms with E-state index in [1.54, 1.807) is 24.3 Å². The number of esters is 2. The lowest BCUT2D eigenvalue weighted by atomic mass is 10.1. The van der Waals surface area contributed by atoms with E-state index in [-0.39, 0.29) is 16.0 Å². The molecule has 2 aromatic rings. The number of nitrogens with two attached hydrogens (primary N) is 2. The molecule has 3 amide bonds. The van der Waals surface area contributed by atoms with E-state index in [1.165, 1.54) is 24.3 Å². The number of primary amides is 1. The van der Waals surface area contributed by atoms with E-state index in [9.17, 15) is 55.1 Å². The van der Waals surface area contributed by atoms with Crippen molar-refractivity contribution in [1.82, 2.24) is 4.90 Å². The number of ether oxygens (including phenoxy) is 1. The minimum atomic E-state index is -4.93. The third-order valence-corrected chi connectivity index (χ3v) is 5.28. The Kier molecular flexibility index (Phi) is 9.95. The highest BCUT2D eigenvalue weighted by atomic mass is 19.4. The van der Waals surface area contributed by atoms with Crippen LogP contribution in [0.3, 0.4) is 0 Å². The predicted octanol–water partition coefficient (Wildman–Crippen LogP) is 2.44. The summed E-state index contributed by atoms with van der Waals surface area (Å²) in [4.78, 5) is 66.0. The smallest absolute Gasteiger partial charge is 0.409 e. The third-order valence-electron chi connectivity index (χ3n) is 5.28. The molecule has 2 aromatic carbocycles.